The van der Waals surface area contributed by atoms with Gasteiger partial charge in [0.05, 0.1) is 13.2 Å². The number of thiazole rings is 1. The van der Waals surface area contributed by atoms with Crippen LogP contribution in [-0.2, 0) is 4.74 Å². The van der Waals surface area contributed by atoms with Crippen molar-refractivity contribution in [3.63, 3.8) is 0 Å². The fourth-order valence-corrected chi connectivity index (χ4v) is 3.10. The normalized spacial score (nSPS) is 14.0. The molecule has 0 aliphatic carbocycles. The number of carbonyl (C=O) groups is 2. The number of hydrogen-bond donors (Lipinski definition) is 3. The summed E-state index contributed by atoms with van der Waals surface area (Å²) < 4.78 is 5.30. The molecule has 2 heterocycles. The van der Waals surface area contributed by atoms with Gasteiger partial charge in [0.25, 0.3) is 5.91 Å². The number of aromatic nitrogens is 1. The molecule has 1 aromatic carbocycles. The molecule has 0 atom stereocenters. The Labute approximate surface area is 149 Å². The smallest absolute Gasteiger partial charge is 0.337 e. The third kappa shape index (κ3) is 4.68. The molecule has 1 saturated heterocycles. The number of benzene rings is 1. The number of nitrogens with zero attached hydrogens (tertiary/aromatic N) is 2. The van der Waals surface area contributed by atoms with Crippen LogP contribution in [0.1, 0.15) is 16.1 Å². The Bertz CT molecular complexity index is 740. The van der Waals surface area contributed by atoms with Crippen LogP contribution in [0.5, 0.6) is 0 Å². The predicted octanol–water partition coefficient (Wildman–Crippen LogP) is 1.75. The maximum absolute atomic E-state index is 12.1. The molecule has 2 aromatic rings. The Morgan fingerprint density at radius 1 is 1.16 bits per heavy atom. The van der Waals surface area contributed by atoms with E-state index in [2.05, 4.69) is 26.1 Å². The first-order valence-electron chi connectivity index (χ1n) is 7.84. The van der Waals surface area contributed by atoms with Crippen molar-refractivity contribution >= 4 is 34.1 Å². The number of aryl methyl sites for hydroxylation is 1. The molecule has 132 valence electrons. The molecule has 1 aliphatic heterocycles. The molecule has 1 aliphatic rings. The van der Waals surface area contributed by atoms with E-state index in [0.717, 1.165) is 23.8 Å². The zero-order chi connectivity index (χ0) is 17.6. The molecular weight excluding hydrogens is 342 g/mol. The van der Waals surface area contributed by atoms with Gasteiger partial charge in [-0.15, -0.1) is 11.3 Å². The summed E-state index contributed by atoms with van der Waals surface area (Å²) in [6, 6.07) is 6.81. The van der Waals surface area contributed by atoms with E-state index in [9.17, 15) is 9.59 Å². The van der Waals surface area contributed by atoms with E-state index in [0.29, 0.717) is 18.9 Å². The van der Waals surface area contributed by atoms with Crippen LogP contribution < -0.4 is 21.1 Å². The number of nitrogens with one attached hydrogen (secondary N) is 3. The lowest BCUT2D eigenvalue weighted by molar-refractivity contribution is 0.0933. The Kier molecular flexibility index (Phi) is 5.46. The summed E-state index contributed by atoms with van der Waals surface area (Å²) >= 11 is 1.39. The number of carbonyl (C=O) groups excluding carboxylic acids is 2. The summed E-state index contributed by atoms with van der Waals surface area (Å²) in [5.41, 5.74) is 6.66. The van der Waals surface area contributed by atoms with Gasteiger partial charge >= 0.3 is 6.03 Å². The molecule has 3 N–H and O–H groups in total. The number of rotatable bonds is 3. The van der Waals surface area contributed by atoms with Crippen molar-refractivity contribution in [2.75, 3.05) is 36.5 Å². The molecule has 3 rings (SSSR count). The van der Waals surface area contributed by atoms with Crippen molar-refractivity contribution in [3.05, 3.63) is 40.9 Å². The molecule has 0 unspecified atom stereocenters. The predicted molar refractivity (Wildman–Crippen MR) is 95.9 cm³/mol. The summed E-state index contributed by atoms with van der Waals surface area (Å²) in [5.74, 6) is -0.463. The highest BCUT2D eigenvalue weighted by Gasteiger charge is 2.17. The number of amides is 3. The lowest BCUT2D eigenvalue weighted by atomic mass is 10.2. The zero-order valence-corrected chi connectivity index (χ0v) is 14.6. The minimum Gasteiger partial charge on any atom is -0.378 e. The Morgan fingerprint density at radius 2 is 1.88 bits per heavy atom. The van der Waals surface area contributed by atoms with E-state index in [4.69, 9.17) is 4.74 Å². The fraction of sp³-hybridized carbons (Fsp3) is 0.312. The maximum atomic E-state index is 12.1. The molecule has 0 spiro atoms. The highest BCUT2D eigenvalue weighted by atomic mass is 32.1. The fourth-order valence-electron chi connectivity index (χ4n) is 2.25. The van der Waals surface area contributed by atoms with Crippen LogP contribution in [0.2, 0.25) is 0 Å². The number of urea groups is 1. The Hall–Kier alpha value is -2.65. The first-order chi connectivity index (χ1) is 12.1. The van der Waals surface area contributed by atoms with Crippen molar-refractivity contribution in [3.8, 4) is 0 Å². The van der Waals surface area contributed by atoms with Gasteiger partial charge in [-0.1, -0.05) is 17.7 Å². The first-order valence-corrected chi connectivity index (χ1v) is 8.72. The molecule has 0 saturated carbocycles. The van der Waals surface area contributed by atoms with Gasteiger partial charge in [-0.25, -0.2) is 15.2 Å². The van der Waals surface area contributed by atoms with Gasteiger partial charge in [-0.05, 0) is 19.1 Å². The van der Waals surface area contributed by atoms with Crippen LogP contribution in [0.15, 0.2) is 29.6 Å². The monoisotopic (exact) mass is 361 g/mol. The average molecular weight is 361 g/mol. The minimum atomic E-state index is -0.527. The topological polar surface area (TPSA) is 95.6 Å². The SMILES string of the molecule is Cc1ccc(NC(=O)NNC(=O)c2csc(N3CCOCC3)n2)cc1. The van der Waals surface area contributed by atoms with Crippen molar-refractivity contribution in [2.24, 2.45) is 0 Å². The van der Waals surface area contributed by atoms with Gasteiger partial charge in [0.2, 0.25) is 0 Å². The quantitative estimate of drug-likeness (QED) is 0.724. The molecule has 0 radical (unpaired) electrons. The highest BCUT2D eigenvalue weighted by Crippen LogP contribution is 2.21. The molecule has 9 heteroatoms. The third-order valence-corrected chi connectivity index (χ3v) is 4.51. The van der Waals surface area contributed by atoms with Gasteiger partial charge in [0.1, 0.15) is 5.69 Å². The number of anilines is 2. The molecule has 1 aromatic heterocycles. The molecular formula is C16H19N5O3S. The average Bonchev–Trinajstić information content (AvgIpc) is 3.13. The van der Waals surface area contributed by atoms with E-state index >= 15 is 0 Å². The van der Waals surface area contributed by atoms with Gasteiger partial charge in [0, 0.05) is 24.2 Å². The minimum absolute atomic E-state index is 0.266. The largest absolute Gasteiger partial charge is 0.378 e. The van der Waals surface area contributed by atoms with Crippen molar-refractivity contribution in [2.45, 2.75) is 6.92 Å². The van der Waals surface area contributed by atoms with Crippen LogP contribution in [0.25, 0.3) is 0 Å². The molecule has 25 heavy (non-hydrogen) atoms. The van der Waals surface area contributed by atoms with Crippen molar-refractivity contribution in [1.82, 2.24) is 15.8 Å². The lowest BCUT2D eigenvalue weighted by Crippen LogP contribution is -2.44. The third-order valence-electron chi connectivity index (χ3n) is 3.61. The van der Waals surface area contributed by atoms with E-state index in [1.54, 1.807) is 17.5 Å². The lowest BCUT2D eigenvalue weighted by Gasteiger charge is -2.25. The Morgan fingerprint density at radius 3 is 2.60 bits per heavy atom. The highest BCUT2D eigenvalue weighted by molar-refractivity contribution is 7.13. The summed E-state index contributed by atoms with van der Waals surface area (Å²) in [4.78, 5) is 30.3. The van der Waals surface area contributed by atoms with Gasteiger partial charge in [0.15, 0.2) is 5.13 Å². The summed E-state index contributed by atoms with van der Waals surface area (Å²) in [7, 11) is 0. The van der Waals surface area contributed by atoms with Crippen LogP contribution >= 0.6 is 11.3 Å². The first kappa shape index (κ1) is 17.2. The second-order valence-electron chi connectivity index (χ2n) is 5.51. The Balaban J connectivity index is 1.49. The summed E-state index contributed by atoms with van der Waals surface area (Å²) in [5, 5.41) is 5.07. The number of morpholine rings is 1. The zero-order valence-electron chi connectivity index (χ0n) is 13.7. The van der Waals surface area contributed by atoms with E-state index in [-0.39, 0.29) is 5.69 Å². The van der Waals surface area contributed by atoms with Crippen LogP contribution in [-0.4, -0.2) is 43.2 Å². The molecule has 3 amide bonds. The van der Waals surface area contributed by atoms with Crippen LogP contribution in [0.4, 0.5) is 15.6 Å². The van der Waals surface area contributed by atoms with Crippen LogP contribution in [0.3, 0.4) is 0 Å². The van der Waals surface area contributed by atoms with Crippen LogP contribution in [0, 0.1) is 6.92 Å². The number of hydrazine groups is 1. The molecule has 8 nitrogen and oxygen atoms in total. The van der Waals surface area contributed by atoms with Gasteiger partial charge in [-0.2, -0.15) is 0 Å². The van der Waals surface area contributed by atoms with Crippen molar-refractivity contribution < 1.29 is 14.3 Å². The molecule has 0 bridgehead atoms. The van der Waals surface area contributed by atoms with E-state index < -0.39 is 11.9 Å². The van der Waals surface area contributed by atoms with E-state index in [1.165, 1.54) is 11.3 Å². The number of ether oxygens (including phenoxy) is 1. The standard InChI is InChI=1S/C16H19N5O3S/c1-11-2-4-12(5-3-11)17-15(23)20-19-14(22)13-10-25-16(18-13)21-6-8-24-9-7-21/h2-5,10H,6-9H2,1H3,(H,19,22)(H2,17,20,23). The second-order valence-corrected chi connectivity index (χ2v) is 6.35. The summed E-state index contributed by atoms with van der Waals surface area (Å²) in [6.45, 7) is 4.78. The van der Waals surface area contributed by atoms with Crippen molar-refractivity contribution in [1.29, 1.82) is 0 Å². The maximum Gasteiger partial charge on any atom is 0.337 e. The van der Waals surface area contributed by atoms with Gasteiger partial charge < -0.3 is 15.0 Å². The van der Waals surface area contributed by atoms with Gasteiger partial charge in [-0.3, -0.25) is 10.2 Å². The second kappa shape index (κ2) is 7.95. The number of hydrogen-bond acceptors (Lipinski definition) is 6. The summed E-state index contributed by atoms with van der Waals surface area (Å²) in [6.07, 6.45) is 0. The molecule has 1 fully saturated rings. The van der Waals surface area contributed by atoms with E-state index in [1.807, 2.05) is 19.1 Å².